The molecule has 0 bridgehead atoms. The molecule has 0 saturated heterocycles. The third-order valence-corrected chi connectivity index (χ3v) is 2.16. The maximum atomic E-state index is 9.14. The molecule has 0 radical (unpaired) electrons. The molecule has 17 heavy (non-hydrogen) atoms. The van der Waals surface area contributed by atoms with Crippen LogP contribution in [0.25, 0.3) is 0 Å². The van der Waals surface area contributed by atoms with Gasteiger partial charge in [-0.25, -0.2) is 0 Å². The first-order valence-corrected chi connectivity index (χ1v) is 6.43. The van der Waals surface area contributed by atoms with E-state index in [2.05, 4.69) is 19.2 Å². The molecule has 0 aliphatic rings. The summed E-state index contributed by atoms with van der Waals surface area (Å²) in [4.78, 5) is 0. The number of hydrogen-bond acceptors (Lipinski definition) is 4. The van der Waals surface area contributed by atoms with E-state index in [-0.39, 0.29) is 18.2 Å². The fourth-order valence-corrected chi connectivity index (χ4v) is 1.43. The molecular weight excluding hydrogens is 218 g/mol. The molecule has 0 amide bonds. The fourth-order valence-electron chi connectivity index (χ4n) is 1.43. The summed E-state index contributed by atoms with van der Waals surface area (Å²) in [6, 6.07) is 0.509. The van der Waals surface area contributed by atoms with Gasteiger partial charge in [0.1, 0.15) is 0 Å². The first-order chi connectivity index (χ1) is 7.85. The van der Waals surface area contributed by atoms with Crippen molar-refractivity contribution >= 4 is 0 Å². The molecule has 0 aliphatic carbocycles. The van der Waals surface area contributed by atoms with Crippen molar-refractivity contribution in [3.05, 3.63) is 0 Å². The second-order valence-corrected chi connectivity index (χ2v) is 5.56. The summed E-state index contributed by atoms with van der Waals surface area (Å²) in [5, 5.41) is 12.4. The summed E-state index contributed by atoms with van der Waals surface area (Å²) in [7, 11) is 0. The Morgan fingerprint density at radius 2 is 1.76 bits per heavy atom. The normalized spacial score (nSPS) is 14.3. The molecule has 1 unspecified atom stereocenters. The van der Waals surface area contributed by atoms with E-state index in [4.69, 9.17) is 14.6 Å². The Labute approximate surface area is 106 Å². The highest BCUT2D eigenvalue weighted by atomic mass is 16.5. The SMILES string of the molecule is CC(C)NC(CO)CCOCCOC(C)(C)C. The zero-order valence-corrected chi connectivity index (χ0v) is 12.0. The fraction of sp³-hybridized carbons (Fsp3) is 1.00. The van der Waals surface area contributed by atoms with Gasteiger partial charge in [-0.15, -0.1) is 0 Å². The van der Waals surface area contributed by atoms with Crippen molar-refractivity contribution in [2.75, 3.05) is 26.4 Å². The Balaban J connectivity index is 3.43. The van der Waals surface area contributed by atoms with E-state index in [0.717, 1.165) is 6.42 Å². The van der Waals surface area contributed by atoms with Crippen LogP contribution in [0.2, 0.25) is 0 Å². The standard InChI is InChI=1S/C13H29NO3/c1-11(2)14-12(10-15)6-7-16-8-9-17-13(3,4)5/h11-12,14-15H,6-10H2,1-5H3. The second-order valence-electron chi connectivity index (χ2n) is 5.56. The monoisotopic (exact) mass is 247 g/mol. The summed E-state index contributed by atoms with van der Waals surface area (Å²) in [5.41, 5.74) is -0.101. The highest BCUT2D eigenvalue weighted by Gasteiger charge is 2.10. The van der Waals surface area contributed by atoms with Crippen LogP contribution in [0.5, 0.6) is 0 Å². The van der Waals surface area contributed by atoms with Crippen LogP contribution in [0.4, 0.5) is 0 Å². The van der Waals surface area contributed by atoms with Crippen LogP contribution in [0.1, 0.15) is 41.0 Å². The van der Waals surface area contributed by atoms with Crippen LogP contribution in [-0.4, -0.2) is 49.2 Å². The number of rotatable bonds is 9. The maximum absolute atomic E-state index is 9.14. The van der Waals surface area contributed by atoms with Crippen molar-refractivity contribution in [3.63, 3.8) is 0 Å². The molecule has 0 spiro atoms. The van der Waals surface area contributed by atoms with Crippen molar-refractivity contribution in [3.8, 4) is 0 Å². The molecule has 0 aromatic heterocycles. The predicted octanol–water partition coefficient (Wildman–Crippen LogP) is 1.57. The van der Waals surface area contributed by atoms with Gasteiger partial charge < -0.3 is 19.9 Å². The molecule has 0 aromatic rings. The molecule has 0 heterocycles. The van der Waals surface area contributed by atoms with Crippen molar-refractivity contribution in [1.82, 2.24) is 5.32 Å². The molecule has 2 N–H and O–H groups in total. The average molecular weight is 247 g/mol. The van der Waals surface area contributed by atoms with Crippen LogP contribution >= 0.6 is 0 Å². The number of nitrogens with one attached hydrogen (secondary N) is 1. The highest BCUT2D eigenvalue weighted by Crippen LogP contribution is 2.05. The topological polar surface area (TPSA) is 50.7 Å². The van der Waals surface area contributed by atoms with Crippen LogP contribution in [0, 0.1) is 0 Å². The van der Waals surface area contributed by atoms with Gasteiger partial charge in [-0.05, 0) is 27.2 Å². The second kappa shape index (κ2) is 8.86. The van der Waals surface area contributed by atoms with Gasteiger partial charge in [0.05, 0.1) is 25.4 Å². The zero-order valence-electron chi connectivity index (χ0n) is 12.0. The molecule has 0 fully saturated rings. The maximum Gasteiger partial charge on any atom is 0.0707 e. The summed E-state index contributed by atoms with van der Waals surface area (Å²) in [6.07, 6.45) is 0.824. The van der Waals surface area contributed by atoms with Gasteiger partial charge >= 0.3 is 0 Å². The molecule has 0 saturated carbocycles. The van der Waals surface area contributed by atoms with Gasteiger partial charge in [0, 0.05) is 18.7 Å². The van der Waals surface area contributed by atoms with Gasteiger partial charge in [0.2, 0.25) is 0 Å². The third-order valence-electron chi connectivity index (χ3n) is 2.16. The molecule has 4 heteroatoms. The van der Waals surface area contributed by atoms with Crippen LogP contribution < -0.4 is 5.32 Å². The minimum atomic E-state index is -0.101. The van der Waals surface area contributed by atoms with Crippen LogP contribution in [-0.2, 0) is 9.47 Å². The predicted molar refractivity (Wildman–Crippen MR) is 70.3 cm³/mol. The Morgan fingerprint density at radius 3 is 2.24 bits per heavy atom. The summed E-state index contributed by atoms with van der Waals surface area (Å²) in [6.45, 7) is 12.3. The summed E-state index contributed by atoms with van der Waals surface area (Å²) < 4.78 is 11.0. The Kier molecular flexibility index (Phi) is 8.78. The summed E-state index contributed by atoms with van der Waals surface area (Å²) >= 11 is 0. The minimum absolute atomic E-state index is 0.101. The van der Waals surface area contributed by atoms with Crippen LogP contribution in [0.15, 0.2) is 0 Å². The zero-order chi connectivity index (χ0) is 13.3. The lowest BCUT2D eigenvalue weighted by Crippen LogP contribution is -2.38. The molecular formula is C13H29NO3. The molecule has 104 valence electrons. The Morgan fingerprint density at radius 1 is 1.12 bits per heavy atom. The van der Waals surface area contributed by atoms with Gasteiger partial charge in [-0.2, -0.15) is 0 Å². The minimum Gasteiger partial charge on any atom is -0.395 e. The molecule has 0 rings (SSSR count). The molecule has 4 nitrogen and oxygen atoms in total. The van der Waals surface area contributed by atoms with E-state index in [9.17, 15) is 0 Å². The van der Waals surface area contributed by atoms with Gasteiger partial charge in [-0.1, -0.05) is 13.8 Å². The number of aliphatic hydroxyl groups excluding tert-OH is 1. The molecule has 1 atom stereocenters. The quantitative estimate of drug-likeness (QED) is 0.607. The van der Waals surface area contributed by atoms with E-state index in [1.54, 1.807) is 0 Å². The van der Waals surface area contributed by atoms with E-state index in [1.165, 1.54) is 0 Å². The van der Waals surface area contributed by atoms with E-state index >= 15 is 0 Å². The van der Waals surface area contributed by atoms with Crippen LogP contribution in [0.3, 0.4) is 0 Å². The van der Waals surface area contributed by atoms with E-state index in [1.807, 2.05) is 20.8 Å². The number of hydrogen-bond donors (Lipinski definition) is 2. The highest BCUT2D eigenvalue weighted by molar-refractivity contribution is 4.67. The lowest BCUT2D eigenvalue weighted by atomic mass is 10.2. The van der Waals surface area contributed by atoms with Gasteiger partial charge in [0.25, 0.3) is 0 Å². The third kappa shape index (κ3) is 12.1. The van der Waals surface area contributed by atoms with E-state index < -0.39 is 0 Å². The Bertz CT molecular complexity index is 178. The number of ether oxygens (including phenoxy) is 2. The smallest absolute Gasteiger partial charge is 0.0707 e. The van der Waals surface area contributed by atoms with Crippen molar-refractivity contribution in [2.45, 2.75) is 58.7 Å². The van der Waals surface area contributed by atoms with Gasteiger partial charge in [0.15, 0.2) is 0 Å². The molecule has 0 aliphatic heterocycles. The first kappa shape index (κ1) is 16.8. The lowest BCUT2D eigenvalue weighted by Gasteiger charge is -2.20. The molecule has 0 aromatic carbocycles. The van der Waals surface area contributed by atoms with Crippen molar-refractivity contribution in [2.24, 2.45) is 0 Å². The first-order valence-electron chi connectivity index (χ1n) is 6.43. The van der Waals surface area contributed by atoms with Crippen molar-refractivity contribution < 1.29 is 14.6 Å². The Hall–Kier alpha value is -0.160. The van der Waals surface area contributed by atoms with Gasteiger partial charge in [-0.3, -0.25) is 0 Å². The largest absolute Gasteiger partial charge is 0.395 e. The summed E-state index contributed by atoms with van der Waals surface area (Å²) in [5.74, 6) is 0. The lowest BCUT2D eigenvalue weighted by molar-refractivity contribution is -0.0361. The average Bonchev–Trinajstić information content (AvgIpc) is 2.19. The number of aliphatic hydroxyl groups is 1. The van der Waals surface area contributed by atoms with Crippen molar-refractivity contribution in [1.29, 1.82) is 0 Å². The van der Waals surface area contributed by atoms with E-state index in [0.29, 0.717) is 25.9 Å².